The molecule has 4 heterocycles. The summed E-state index contributed by atoms with van der Waals surface area (Å²) in [5.74, 6) is -1.87. The van der Waals surface area contributed by atoms with Gasteiger partial charge >= 0.3 is 0 Å². The molecule has 1 N–H and O–H groups in total. The van der Waals surface area contributed by atoms with E-state index in [1.54, 1.807) is 21.6 Å². The van der Waals surface area contributed by atoms with Crippen molar-refractivity contribution >= 4 is 35.2 Å². The second-order valence-corrected chi connectivity index (χ2v) is 14.9. The summed E-state index contributed by atoms with van der Waals surface area (Å²) in [6.07, 6.45) is 8.95. The Morgan fingerprint density at radius 2 is 1.68 bits per heavy atom. The number of nitrogens with zero attached hydrogens (tertiary/aromatic N) is 3. The highest BCUT2D eigenvalue weighted by atomic mass is 32.2. The Kier molecular flexibility index (Phi) is 8.03. The number of hydrogen-bond acceptors (Lipinski definition) is 5. The number of amides is 3. The molecule has 4 aliphatic rings. The SMILES string of the molecule is CC[C@H](C)[C@H](CO)N1C(=O)[C@@H]2[C@@H]3C(=O)N(Cc4ccccc4)CC=C[C@]3(C)S[C@@]23C=CCN(c2cc(C)ccc2C)C(=O)C13. The quantitative estimate of drug-likeness (QED) is 0.450. The van der Waals surface area contributed by atoms with Crippen LogP contribution in [0.1, 0.15) is 43.9 Å². The second kappa shape index (κ2) is 11.5. The van der Waals surface area contributed by atoms with Crippen LogP contribution in [0.15, 0.2) is 72.8 Å². The van der Waals surface area contributed by atoms with Crippen molar-refractivity contribution in [2.75, 3.05) is 24.6 Å². The molecule has 0 saturated carbocycles. The summed E-state index contributed by atoms with van der Waals surface area (Å²) < 4.78 is -1.64. The van der Waals surface area contributed by atoms with Gasteiger partial charge in [-0.15, -0.1) is 11.8 Å². The lowest BCUT2D eigenvalue weighted by Crippen LogP contribution is -2.58. The highest BCUT2D eigenvalue weighted by molar-refractivity contribution is 8.02. The third-order valence-electron chi connectivity index (χ3n) is 10.3. The van der Waals surface area contributed by atoms with E-state index < -0.39 is 33.4 Å². The normalized spacial score (nSPS) is 31.0. The molecule has 2 fully saturated rings. The number of anilines is 1. The zero-order valence-electron chi connectivity index (χ0n) is 26.3. The molecule has 7 nitrogen and oxygen atoms in total. The molecule has 0 aliphatic carbocycles. The van der Waals surface area contributed by atoms with Crippen LogP contribution in [0.25, 0.3) is 0 Å². The van der Waals surface area contributed by atoms with Crippen molar-refractivity contribution in [2.45, 2.75) is 69.2 Å². The lowest BCUT2D eigenvalue weighted by atomic mass is 9.74. The lowest BCUT2D eigenvalue weighted by Gasteiger charge is -2.41. The molecule has 7 atom stereocenters. The lowest BCUT2D eigenvalue weighted by molar-refractivity contribution is -0.146. The third-order valence-corrected chi connectivity index (χ3v) is 12.1. The van der Waals surface area contributed by atoms with Crippen LogP contribution in [0, 0.1) is 31.6 Å². The number of likely N-dealkylation sites (tertiary alicyclic amines) is 1. The molecule has 1 spiro atoms. The maximum atomic E-state index is 15.0. The third kappa shape index (κ3) is 4.72. The predicted molar refractivity (Wildman–Crippen MR) is 175 cm³/mol. The highest BCUT2D eigenvalue weighted by Gasteiger charge is 2.74. The van der Waals surface area contributed by atoms with Crippen molar-refractivity contribution in [3.63, 3.8) is 0 Å². The number of fused-ring (bicyclic) bond motifs is 2. The van der Waals surface area contributed by atoms with Crippen LogP contribution in [-0.2, 0) is 20.9 Å². The van der Waals surface area contributed by atoms with Gasteiger partial charge in [-0.2, -0.15) is 0 Å². The van der Waals surface area contributed by atoms with Crippen LogP contribution in [0.5, 0.6) is 0 Å². The van der Waals surface area contributed by atoms with Crippen molar-refractivity contribution in [3.05, 3.63) is 89.5 Å². The number of thioether (sulfide) groups is 1. The summed E-state index contributed by atoms with van der Waals surface area (Å²) >= 11 is 1.59. The molecule has 2 saturated heterocycles. The maximum absolute atomic E-state index is 15.0. The molecule has 1 unspecified atom stereocenters. The van der Waals surface area contributed by atoms with E-state index in [9.17, 15) is 19.5 Å². The number of benzene rings is 2. The van der Waals surface area contributed by atoms with Gasteiger partial charge in [-0.3, -0.25) is 14.4 Å². The molecule has 2 aromatic rings. The number of carbonyl (C=O) groups excluding carboxylic acids is 3. The number of hydrogen-bond donors (Lipinski definition) is 1. The van der Waals surface area contributed by atoms with Crippen LogP contribution in [-0.4, -0.2) is 73.9 Å². The van der Waals surface area contributed by atoms with Gasteiger partial charge in [-0.05, 0) is 49.4 Å². The van der Waals surface area contributed by atoms with E-state index in [1.807, 2.05) is 100 Å². The van der Waals surface area contributed by atoms with Crippen molar-refractivity contribution in [2.24, 2.45) is 17.8 Å². The zero-order valence-corrected chi connectivity index (χ0v) is 27.1. The molecular formula is C36H43N3O4S. The summed E-state index contributed by atoms with van der Waals surface area (Å²) in [5, 5.41) is 10.7. The number of aliphatic hydroxyl groups is 1. The van der Waals surface area contributed by atoms with Gasteiger partial charge in [-0.25, -0.2) is 0 Å². The Balaban J connectivity index is 1.49. The fourth-order valence-electron chi connectivity index (χ4n) is 7.86. The monoisotopic (exact) mass is 613 g/mol. The van der Waals surface area contributed by atoms with Gasteiger partial charge in [0.05, 0.1) is 29.2 Å². The minimum absolute atomic E-state index is 0.0373. The Morgan fingerprint density at radius 3 is 2.39 bits per heavy atom. The van der Waals surface area contributed by atoms with Gasteiger partial charge in [0, 0.05) is 30.1 Å². The van der Waals surface area contributed by atoms with Crippen LogP contribution < -0.4 is 4.90 Å². The average Bonchev–Trinajstić information content (AvgIpc) is 3.28. The molecule has 0 radical (unpaired) electrons. The Hall–Kier alpha value is -3.36. The van der Waals surface area contributed by atoms with E-state index in [2.05, 4.69) is 12.2 Å². The molecule has 0 bridgehead atoms. The van der Waals surface area contributed by atoms with E-state index in [0.717, 1.165) is 28.8 Å². The van der Waals surface area contributed by atoms with Crippen molar-refractivity contribution in [3.8, 4) is 0 Å². The van der Waals surface area contributed by atoms with E-state index in [1.165, 1.54) is 0 Å². The Bertz CT molecular complexity index is 1520. The summed E-state index contributed by atoms with van der Waals surface area (Å²) in [7, 11) is 0. The smallest absolute Gasteiger partial charge is 0.251 e. The minimum Gasteiger partial charge on any atom is -0.394 e. The first-order valence-electron chi connectivity index (χ1n) is 15.8. The summed E-state index contributed by atoms with van der Waals surface area (Å²) in [4.78, 5) is 49.8. The molecule has 2 aromatic carbocycles. The molecular weight excluding hydrogens is 570 g/mol. The van der Waals surface area contributed by atoms with Gasteiger partial charge in [0.1, 0.15) is 6.04 Å². The molecule has 8 heteroatoms. The number of carbonyl (C=O) groups is 3. The van der Waals surface area contributed by atoms with E-state index >= 15 is 0 Å². The van der Waals surface area contributed by atoms with E-state index in [0.29, 0.717) is 19.6 Å². The van der Waals surface area contributed by atoms with Crippen molar-refractivity contribution in [1.29, 1.82) is 0 Å². The average molecular weight is 614 g/mol. The van der Waals surface area contributed by atoms with Gasteiger partial charge < -0.3 is 19.8 Å². The van der Waals surface area contributed by atoms with Crippen LogP contribution >= 0.6 is 11.8 Å². The topological polar surface area (TPSA) is 81.2 Å². The fourth-order valence-corrected chi connectivity index (χ4v) is 10.00. The molecule has 0 aromatic heterocycles. The number of aryl methyl sites for hydroxylation is 2. The second-order valence-electron chi connectivity index (χ2n) is 13.1. The Morgan fingerprint density at radius 1 is 0.955 bits per heavy atom. The van der Waals surface area contributed by atoms with Crippen LogP contribution in [0.2, 0.25) is 0 Å². The predicted octanol–water partition coefficient (Wildman–Crippen LogP) is 4.90. The summed E-state index contributed by atoms with van der Waals surface area (Å²) in [6, 6.07) is 14.6. The van der Waals surface area contributed by atoms with E-state index in [-0.39, 0.29) is 30.2 Å². The van der Waals surface area contributed by atoms with Gasteiger partial charge in [0.15, 0.2) is 0 Å². The van der Waals surface area contributed by atoms with Crippen LogP contribution in [0.4, 0.5) is 5.69 Å². The first-order valence-corrected chi connectivity index (χ1v) is 16.6. The Labute approximate surface area is 265 Å². The van der Waals surface area contributed by atoms with Gasteiger partial charge in [0.25, 0.3) is 5.91 Å². The van der Waals surface area contributed by atoms with Gasteiger partial charge in [-0.1, -0.05) is 87.0 Å². The first-order chi connectivity index (χ1) is 21.1. The maximum Gasteiger partial charge on any atom is 0.251 e. The fraction of sp³-hybridized carbons (Fsp3) is 0.472. The first kappa shape index (κ1) is 30.7. The zero-order chi connectivity index (χ0) is 31.4. The molecule has 6 rings (SSSR count). The summed E-state index contributed by atoms with van der Waals surface area (Å²) in [5.41, 5.74) is 3.88. The molecule has 44 heavy (non-hydrogen) atoms. The largest absolute Gasteiger partial charge is 0.394 e. The van der Waals surface area contributed by atoms with Crippen molar-refractivity contribution < 1.29 is 19.5 Å². The highest BCUT2D eigenvalue weighted by Crippen LogP contribution is 2.66. The minimum atomic E-state index is -0.962. The summed E-state index contributed by atoms with van der Waals surface area (Å²) in [6.45, 7) is 11.1. The van der Waals surface area contributed by atoms with E-state index in [4.69, 9.17) is 0 Å². The van der Waals surface area contributed by atoms with Gasteiger partial charge in [0.2, 0.25) is 11.8 Å². The number of aliphatic hydroxyl groups excluding tert-OH is 1. The molecule has 4 aliphatic heterocycles. The number of rotatable bonds is 7. The molecule has 3 amide bonds. The van der Waals surface area contributed by atoms with Crippen LogP contribution in [0.3, 0.4) is 0 Å². The molecule has 232 valence electrons. The standard InChI is InChI=1S/C36H43N3O4S/c1-6-24(3)28(22-40)39-31-34(43)38(27-20-23(2)14-15-25(27)4)19-11-17-36(31)30(33(39)42)29-32(41)37(18-10-16-35(29,5)44-36)21-26-12-8-7-9-13-26/h7-17,20,24,28-31,40H,6,18-19,21-22H2,1-5H3/t24-,28-,29+,30-,31?,35-,36-/m0/s1. The van der Waals surface area contributed by atoms with Crippen molar-refractivity contribution in [1.82, 2.24) is 9.80 Å².